The van der Waals surface area contributed by atoms with E-state index in [0.717, 1.165) is 43.6 Å². The second kappa shape index (κ2) is 10.6. The van der Waals surface area contributed by atoms with Crippen LogP contribution in [0.4, 0.5) is 0 Å². The molecule has 0 aromatic carbocycles. The Bertz CT molecular complexity index is 788. The van der Waals surface area contributed by atoms with Crippen LogP contribution in [0.5, 0.6) is 0 Å². The predicted octanol–water partition coefficient (Wildman–Crippen LogP) is 7.76. The summed E-state index contributed by atoms with van der Waals surface area (Å²) in [5.74, 6) is 2.99. The number of rotatable bonds is 10. The number of carboxylic acids is 1. The molecule has 4 aliphatic carbocycles. The second-order valence-electron chi connectivity index (χ2n) is 14.3. The monoisotopic (exact) mass is 504 g/mol. The van der Waals surface area contributed by atoms with Crippen molar-refractivity contribution in [2.24, 2.45) is 40.4 Å². The Labute approximate surface area is 215 Å². The number of carboxylic acid groups (broad SMARTS) is 1. The zero-order chi connectivity index (χ0) is 25.4. The van der Waals surface area contributed by atoms with Crippen molar-refractivity contribution >= 4 is 14.0 Å². The number of allylic oxidation sites excluding steroid dienone is 1. The highest BCUT2D eigenvalue weighted by Gasteiger charge is 2.59. The van der Waals surface area contributed by atoms with Crippen LogP contribution in [0, 0.1) is 40.4 Å². The number of ether oxygens (including phenoxy) is 2. The Hall–Kier alpha value is -0.653. The molecule has 0 saturated heterocycles. The molecule has 1 N–H and O–H groups in total. The van der Waals surface area contributed by atoms with Gasteiger partial charge in [-0.15, -0.1) is 0 Å². The largest absolute Gasteiger partial charge is 0.481 e. The number of hydrogen-bond acceptors (Lipinski definition) is 3. The minimum Gasteiger partial charge on any atom is -0.481 e. The zero-order valence-electron chi connectivity index (χ0n) is 23.4. The summed E-state index contributed by atoms with van der Waals surface area (Å²) in [5.41, 5.74) is 2.41. The summed E-state index contributed by atoms with van der Waals surface area (Å²) in [5, 5.41) is 9.19. The van der Waals surface area contributed by atoms with Crippen molar-refractivity contribution in [3.8, 4) is 0 Å². The third kappa shape index (κ3) is 5.77. The SMILES string of the molecule is C[C@H](CCC(=O)O)[C@H]1CC[C@H]2[C@@H]3CC=C4C[C@@H](OCOCC[Si](C)(C)C)CC[C@]4(C)[C@H]3CC[C@]12C. The summed E-state index contributed by atoms with van der Waals surface area (Å²) >= 11 is 0. The molecule has 0 unspecified atom stereocenters. The van der Waals surface area contributed by atoms with Gasteiger partial charge < -0.3 is 14.6 Å². The van der Waals surface area contributed by atoms with Gasteiger partial charge in [-0.2, -0.15) is 0 Å². The molecule has 0 aromatic heterocycles. The minimum absolute atomic E-state index is 0.317. The van der Waals surface area contributed by atoms with Crippen molar-refractivity contribution in [3.63, 3.8) is 0 Å². The molecule has 0 radical (unpaired) electrons. The Kier molecular flexibility index (Phi) is 8.30. The highest BCUT2D eigenvalue weighted by atomic mass is 28.3. The average molecular weight is 505 g/mol. The van der Waals surface area contributed by atoms with Crippen LogP contribution in [0.15, 0.2) is 11.6 Å². The van der Waals surface area contributed by atoms with Crippen molar-refractivity contribution in [1.29, 1.82) is 0 Å². The van der Waals surface area contributed by atoms with Gasteiger partial charge in [-0.1, -0.05) is 52.1 Å². The van der Waals surface area contributed by atoms with Crippen molar-refractivity contribution in [3.05, 3.63) is 11.6 Å². The maximum absolute atomic E-state index is 11.2. The van der Waals surface area contributed by atoms with Gasteiger partial charge in [0.1, 0.15) is 6.79 Å². The summed E-state index contributed by atoms with van der Waals surface area (Å²) in [6.45, 7) is 15.9. The number of fused-ring (bicyclic) bond motifs is 5. The fourth-order valence-electron chi connectivity index (χ4n) is 8.88. The molecule has 4 aliphatic rings. The fourth-order valence-corrected chi connectivity index (χ4v) is 9.64. The highest BCUT2D eigenvalue weighted by molar-refractivity contribution is 6.76. The van der Waals surface area contributed by atoms with Gasteiger partial charge in [0, 0.05) is 21.1 Å². The quantitative estimate of drug-likeness (QED) is 0.143. The normalized spacial score (nSPS) is 39.8. The van der Waals surface area contributed by atoms with Gasteiger partial charge in [0.15, 0.2) is 0 Å². The topological polar surface area (TPSA) is 55.8 Å². The molecular weight excluding hydrogens is 452 g/mol. The summed E-state index contributed by atoms with van der Waals surface area (Å²) < 4.78 is 12.0. The number of hydrogen-bond donors (Lipinski definition) is 1. The lowest BCUT2D eigenvalue weighted by atomic mass is 9.47. The molecule has 4 rings (SSSR count). The lowest BCUT2D eigenvalue weighted by Crippen LogP contribution is -2.51. The van der Waals surface area contributed by atoms with E-state index in [-0.39, 0.29) is 0 Å². The second-order valence-corrected chi connectivity index (χ2v) is 19.9. The van der Waals surface area contributed by atoms with E-state index >= 15 is 0 Å². The van der Waals surface area contributed by atoms with Gasteiger partial charge in [0.25, 0.3) is 0 Å². The van der Waals surface area contributed by atoms with E-state index in [9.17, 15) is 9.90 Å². The molecule has 0 heterocycles. The maximum atomic E-state index is 11.2. The smallest absolute Gasteiger partial charge is 0.303 e. The summed E-state index contributed by atoms with van der Waals surface area (Å²) in [6, 6.07) is 1.20. The molecule has 8 atom stereocenters. The van der Waals surface area contributed by atoms with E-state index in [1.807, 2.05) is 0 Å². The van der Waals surface area contributed by atoms with Crippen LogP contribution in [0.1, 0.15) is 85.0 Å². The first kappa shape index (κ1) is 27.4. The van der Waals surface area contributed by atoms with E-state index in [1.54, 1.807) is 5.57 Å². The lowest BCUT2D eigenvalue weighted by molar-refractivity contribution is -0.137. The molecule has 5 heteroatoms. The molecule has 0 amide bonds. The molecule has 0 spiro atoms. The summed E-state index contributed by atoms with van der Waals surface area (Å²) in [6.07, 6.45) is 14.2. The van der Waals surface area contributed by atoms with E-state index in [2.05, 4.69) is 46.5 Å². The van der Waals surface area contributed by atoms with Crippen molar-refractivity contribution < 1.29 is 19.4 Å². The van der Waals surface area contributed by atoms with Gasteiger partial charge in [0.2, 0.25) is 0 Å². The molecule has 0 aromatic rings. The Morgan fingerprint density at radius 2 is 1.91 bits per heavy atom. The average Bonchev–Trinajstić information content (AvgIpc) is 3.14. The third-order valence-corrected chi connectivity index (χ3v) is 12.7. The minimum atomic E-state index is -1.04. The molecule has 3 saturated carbocycles. The van der Waals surface area contributed by atoms with E-state index in [0.29, 0.717) is 42.0 Å². The Balaban J connectivity index is 1.36. The van der Waals surface area contributed by atoms with Gasteiger partial charge in [0.05, 0.1) is 6.10 Å². The van der Waals surface area contributed by atoms with Crippen LogP contribution in [0.25, 0.3) is 0 Å². The van der Waals surface area contributed by atoms with Gasteiger partial charge in [-0.05, 0) is 104 Å². The lowest BCUT2D eigenvalue weighted by Gasteiger charge is -2.58. The summed E-state index contributed by atoms with van der Waals surface area (Å²) in [4.78, 5) is 11.2. The van der Waals surface area contributed by atoms with Crippen LogP contribution >= 0.6 is 0 Å². The van der Waals surface area contributed by atoms with Crippen LogP contribution in [0.3, 0.4) is 0 Å². The molecule has 3 fully saturated rings. The first-order chi connectivity index (χ1) is 16.4. The Morgan fingerprint density at radius 3 is 2.63 bits per heavy atom. The van der Waals surface area contributed by atoms with E-state index in [1.165, 1.54) is 44.6 Å². The van der Waals surface area contributed by atoms with Crippen molar-refractivity contribution in [2.45, 2.75) is 117 Å². The van der Waals surface area contributed by atoms with Gasteiger partial charge >= 0.3 is 5.97 Å². The fraction of sp³-hybridized carbons (Fsp3) is 0.900. The van der Waals surface area contributed by atoms with Crippen LogP contribution in [-0.2, 0) is 14.3 Å². The van der Waals surface area contributed by atoms with Crippen molar-refractivity contribution in [1.82, 2.24) is 0 Å². The Morgan fingerprint density at radius 1 is 1.14 bits per heavy atom. The number of carbonyl (C=O) groups is 1. The molecule has 0 aliphatic heterocycles. The van der Waals surface area contributed by atoms with Crippen LogP contribution in [-0.4, -0.2) is 38.7 Å². The standard InChI is InChI=1S/C30H52O4Si/c1-21(7-12-28(31)32)25-10-11-26-24-9-8-22-19-23(34-20-33-17-18-35(4,5)6)13-15-29(22,2)27(24)14-16-30(25,26)3/h8,21,23-27H,7,9-20H2,1-6H3,(H,31,32)/t21-,23+,24+,25-,26+,27+,29+,30-/m1/s1. The van der Waals surface area contributed by atoms with Crippen LogP contribution < -0.4 is 0 Å². The molecule has 4 nitrogen and oxygen atoms in total. The maximum Gasteiger partial charge on any atom is 0.303 e. The van der Waals surface area contributed by atoms with E-state index < -0.39 is 14.0 Å². The third-order valence-electron chi connectivity index (χ3n) is 11.0. The highest BCUT2D eigenvalue weighted by Crippen LogP contribution is 2.67. The van der Waals surface area contributed by atoms with Crippen LogP contribution in [0.2, 0.25) is 25.7 Å². The van der Waals surface area contributed by atoms with Gasteiger partial charge in [-0.3, -0.25) is 4.79 Å². The molecule has 0 bridgehead atoms. The summed E-state index contributed by atoms with van der Waals surface area (Å²) in [7, 11) is -1.04. The zero-order valence-corrected chi connectivity index (χ0v) is 24.4. The number of aliphatic carboxylic acids is 1. The molecule has 200 valence electrons. The van der Waals surface area contributed by atoms with Gasteiger partial charge in [-0.25, -0.2) is 0 Å². The predicted molar refractivity (Wildman–Crippen MR) is 145 cm³/mol. The molecule has 35 heavy (non-hydrogen) atoms. The molecular formula is C30H52O4Si. The first-order valence-electron chi connectivity index (χ1n) is 14.5. The van der Waals surface area contributed by atoms with E-state index in [4.69, 9.17) is 9.47 Å². The first-order valence-corrected chi connectivity index (χ1v) is 18.3. The van der Waals surface area contributed by atoms with Crippen molar-refractivity contribution in [2.75, 3.05) is 13.4 Å².